The summed E-state index contributed by atoms with van der Waals surface area (Å²) in [7, 11) is 0. The molecule has 186 valence electrons. The van der Waals surface area contributed by atoms with Crippen LogP contribution >= 0.6 is 23.1 Å². The quantitative estimate of drug-likeness (QED) is 0.185. The lowest BCUT2D eigenvalue weighted by Gasteiger charge is -2.26. The standard InChI is InChI=1S/C27H34N4O2S2/c1-4-5-6-7-11-14-34-27-29-28-26-30(16-19-12-9-8-10-13-19)24(32)23-20-15-21(18(2)3)33-17-22(20)35-25(23)31(26)27/h8-10,12-13,18,21H,4-7,11,14-17H2,1-3H3. The molecule has 1 aliphatic heterocycles. The van der Waals surface area contributed by atoms with E-state index in [1.54, 1.807) is 23.1 Å². The van der Waals surface area contributed by atoms with Crippen LogP contribution in [0, 0.1) is 5.92 Å². The number of rotatable bonds is 10. The Labute approximate surface area is 214 Å². The van der Waals surface area contributed by atoms with E-state index in [4.69, 9.17) is 4.74 Å². The van der Waals surface area contributed by atoms with Gasteiger partial charge in [0, 0.05) is 17.1 Å². The van der Waals surface area contributed by atoms with Crippen LogP contribution < -0.4 is 5.56 Å². The van der Waals surface area contributed by atoms with Gasteiger partial charge in [0.1, 0.15) is 4.83 Å². The van der Waals surface area contributed by atoms with Crippen molar-refractivity contribution in [3.05, 3.63) is 56.7 Å². The molecule has 6 nitrogen and oxygen atoms in total. The zero-order valence-electron chi connectivity index (χ0n) is 20.8. The topological polar surface area (TPSA) is 61.4 Å². The molecule has 0 saturated carbocycles. The second-order valence-electron chi connectivity index (χ2n) is 9.74. The van der Waals surface area contributed by atoms with Crippen molar-refractivity contribution >= 4 is 39.1 Å². The molecular formula is C27H34N4O2S2. The first-order valence-electron chi connectivity index (χ1n) is 12.8. The summed E-state index contributed by atoms with van der Waals surface area (Å²) >= 11 is 3.42. The molecule has 5 rings (SSSR count). The predicted molar refractivity (Wildman–Crippen MR) is 145 cm³/mol. The van der Waals surface area contributed by atoms with Gasteiger partial charge in [0.15, 0.2) is 5.16 Å². The summed E-state index contributed by atoms with van der Waals surface area (Å²) in [4.78, 5) is 16.1. The van der Waals surface area contributed by atoms with E-state index in [-0.39, 0.29) is 11.7 Å². The maximum atomic E-state index is 14.0. The summed E-state index contributed by atoms with van der Waals surface area (Å²) < 4.78 is 10.1. The molecule has 35 heavy (non-hydrogen) atoms. The molecule has 8 heteroatoms. The van der Waals surface area contributed by atoms with Crippen LogP contribution in [-0.4, -0.2) is 31.0 Å². The SMILES string of the molecule is CCCCCCCSc1nnc2n(Cc3ccccc3)c(=O)c3c4c(sc3n12)COC(C(C)C)C4. The maximum Gasteiger partial charge on any atom is 0.264 e. The van der Waals surface area contributed by atoms with Crippen molar-refractivity contribution in [1.82, 2.24) is 19.2 Å². The molecule has 4 heterocycles. The molecule has 1 atom stereocenters. The Bertz CT molecular complexity index is 1360. The van der Waals surface area contributed by atoms with E-state index in [0.717, 1.165) is 50.0 Å². The average molecular weight is 511 g/mol. The first kappa shape index (κ1) is 24.5. The highest BCUT2D eigenvalue weighted by Gasteiger charge is 2.29. The number of hydrogen-bond donors (Lipinski definition) is 0. The molecule has 0 saturated heterocycles. The second kappa shape index (κ2) is 10.8. The number of ether oxygens (including phenoxy) is 1. The maximum absolute atomic E-state index is 14.0. The van der Waals surface area contributed by atoms with Crippen LogP contribution in [0.5, 0.6) is 0 Å². The van der Waals surface area contributed by atoms with Gasteiger partial charge in [0.25, 0.3) is 5.56 Å². The third kappa shape index (κ3) is 4.93. The van der Waals surface area contributed by atoms with E-state index in [2.05, 4.69) is 47.5 Å². The minimum atomic E-state index is 0.0294. The summed E-state index contributed by atoms with van der Waals surface area (Å²) in [6, 6.07) is 10.1. The minimum absolute atomic E-state index is 0.0294. The molecule has 0 amide bonds. The van der Waals surface area contributed by atoms with E-state index < -0.39 is 0 Å². The van der Waals surface area contributed by atoms with E-state index in [0.29, 0.717) is 24.8 Å². The number of thioether (sulfide) groups is 1. The summed E-state index contributed by atoms with van der Waals surface area (Å²) in [6.45, 7) is 7.66. The Hall–Kier alpha value is -2.16. The molecule has 1 unspecified atom stereocenters. The molecule has 0 N–H and O–H groups in total. The summed E-state index contributed by atoms with van der Waals surface area (Å²) in [5.41, 5.74) is 2.27. The largest absolute Gasteiger partial charge is 0.372 e. The second-order valence-corrected chi connectivity index (χ2v) is 11.9. The van der Waals surface area contributed by atoms with Crippen LogP contribution in [0.25, 0.3) is 16.0 Å². The van der Waals surface area contributed by atoms with Gasteiger partial charge in [-0.25, -0.2) is 4.40 Å². The Morgan fingerprint density at radius 1 is 1.14 bits per heavy atom. The molecular weight excluding hydrogens is 476 g/mol. The van der Waals surface area contributed by atoms with Crippen molar-refractivity contribution in [2.75, 3.05) is 5.75 Å². The van der Waals surface area contributed by atoms with Crippen molar-refractivity contribution in [2.45, 2.75) is 83.7 Å². The average Bonchev–Trinajstić information content (AvgIpc) is 3.45. The van der Waals surface area contributed by atoms with Crippen LogP contribution in [0.3, 0.4) is 0 Å². The summed E-state index contributed by atoms with van der Waals surface area (Å²) in [6.07, 6.45) is 7.16. The Morgan fingerprint density at radius 3 is 2.71 bits per heavy atom. The highest BCUT2D eigenvalue weighted by Crippen LogP contribution is 2.37. The predicted octanol–water partition coefficient (Wildman–Crippen LogP) is 6.31. The fourth-order valence-electron chi connectivity index (χ4n) is 4.79. The number of thiophene rings is 1. The van der Waals surface area contributed by atoms with Gasteiger partial charge >= 0.3 is 0 Å². The van der Waals surface area contributed by atoms with E-state index >= 15 is 0 Å². The van der Waals surface area contributed by atoms with Gasteiger partial charge in [0.2, 0.25) is 5.78 Å². The molecule has 0 radical (unpaired) electrons. The van der Waals surface area contributed by atoms with Crippen molar-refractivity contribution in [2.24, 2.45) is 5.92 Å². The van der Waals surface area contributed by atoms with Gasteiger partial charge in [-0.05, 0) is 23.5 Å². The fourth-order valence-corrected chi connectivity index (χ4v) is 7.02. The number of unbranched alkanes of at least 4 members (excludes halogenated alkanes) is 4. The van der Waals surface area contributed by atoms with Crippen molar-refractivity contribution in [3.8, 4) is 0 Å². The van der Waals surface area contributed by atoms with Crippen LogP contribution in [0.1, 0.15) is 68.9 Å². The first-order valence-corrected chi connectivity index (χ1v) is 14.6. The fraction of sp³-hybridized carbons (Fsp3) is 0.519. The molecule has 0 fully saturated rings. The van der Waals surface area contributed by atoms with Crippen LogP contribution in [0.4, 0.5) is 0 Å². The molecule has 0 aliphatic carbocycles. The molecule has 1 aliphatic rings. The van der Waals surface area contributed by atoms with Crippen molar-refractivity contribution in [1.29, 1.82) is 0 Å². The van der Waals surface area contributed by atoms with Gasteiger partial charge < -0.3 is 4.74 Å². The highest BCUT2D eigenvalue weighted by molar-refractivity contribution is 7.99. The van der Waals surface area contributed by atoms with Crippen LogP contribution in [-0.2, 0) is 24.3 Å². The number of aromatic nitrogens is 4. The Morgan fingerprint density at radius 2 is 1.94 bits per heavy atom. The zero-order chi connectivity index (χ0) is 24.4. The van der Waals surface area contributed by atoms with Gasteiger partial charge in [-0.3, -0.25) is 9.36 Å². The van der Waals surface area contributed by atoms with Crippen LogP contribution in [0.15, 0.2) is 40.3 Å². The molecule has 0 spiro atoms. The highest BCUT2D eigenvalue weighted by atomic mass is 32.2. The molecule has 1 aromatic carbocycles. The zero-order valence-corrected chi connectivity index (χ0v) is 22.5. The number of hydrogen-bond acceptors (Lipinski definition) is 6. The Kier molecular flexibility index (Phi) is 7.60. The van der Waals surface area contributed by atoms with Crippen molar-refractivity contribution < 1.29 is 4.74 Å². The molecule has 4 aromatic rings. The molecule has 0 bridgehead atoms. The normalized spacial score (nSPS) is 15.9. The monoisotopic (exact) mass is 510 g/mol. The van der Waals surface area contributed by atoms with Crippen molar-refractivity contribution in [3.63, 3.8) is 0 Å². The smallest absolute Gasteiger partial charge is 0.264 e. The van der Waals surface area contributed by atoms with Gasteiger partial charge in [-0.2, -0.15) is 0 Å². The third-order valence-electron chi connectivity index (χ3n) is 6.83. The number of fused-ring (bicyclic) bond motifs is 5. The number of benzene rings is 1. The summed E-state index contributed by atoms with van der Waals surface area (Å²) in [5.74, 6) is 2.04. The third-order valence-corrected chi connectivity index (χ3v) is 9.04. The van der Waals surface area contributed by atoms with Gasteiger partial charge in [0.05, 0.1) is 24.6 Å². The Balaban J connectivity index is 1.60. The first-order chi connectivity index (χ1) is 17.1. The lowest BCUT2D eigenvalue weighted by atomic mass is 9.96. The lowest BCUT2D eigenvalue weighted by Crippen LogP contribution is -2.28. The van der Waals surface area contributed by atoms with Gasteiger partial charge in [-0.1, -0.05) is 88.5 Å². The van der Waals surface area contributed by atoms with E-state index in [9.17, 15) is 4.79 Å². The minimum Gasteiger partial charge on any atom is -0.372 e. The lowest BCUT2D eigenvalue weighted by molar-refractivity contribution is 0.00200. The van der Waals surface area contributed by atoms with E-state index in [1.807, 2.05) is 22.8 Å². The van der Waals surface area contributed by atoms with Crippen LogP contribution in [0.2, 0.25) is 0 Å². The molecule has 3 aromatic heterocycles. The summed E-state index contributed by atoms with van der Waals surface area (Å²) in [5, 5.41) is 10.8. The van der Waals surface area contributed by atoms with Gasteiger partial charge in [-0.15, -0.1) is 21.5 Å². The number of nitrogens with zero attached hydrogens (tertiary/aromatic N) is 4. The van der Waals surface area contributed by atoms with E-state index in [1.165, 1.54) is 25.7 Å².